The van der Waals surface area contributed by atoms with E-state index < -0.39 is 57.6 Å². The van der Waals surface area contributed by atoms with Gasteiger partial charge in [0.15, 0.2) is 0 Å². The molecule has 0 bridgehead atoms. The number of unbranched alkanes of at least 4 members (excludes halogenated alkanes) is 1. The van der Waals surface area contributed by atoms with Gasteiger partial charge in [-0.1, -0.05) is 30.2 Å². The van der Waals surface area contributed by atoms with Crippen LogP contribution in [0.1, 0.15) is 47.5 Å². The summed E-state index contributed by atoms with van der Waals surface area (Å²) < 4.78 is 27.3. The number of carbonyl (C=O) groups is 4. The van der Waals surface area contributed by atoms with Gasteiger partial charge in [0.1, 0.15) is 23.6 Å². The number of sulfonamides is 1. The molecular weight excluding hydrogens is 516 g/mol. The summed E-state index contributed by atoms with van der Waals surface area (Å²) in [5.74, 6) is -4.81. The molecule has 2 aromatic carbocycles. The van der Waals surface area contributed by atoms with Crippen molar-refractivity contribution in [3.8, 4) is 5.75 Å². The normalized spacial score (nSPS) is 12.9. The number of hydrogen-bond donors (Lipinski definition) is 5. The molecule has 0 heterocycles. The fourth-order valence-electron chi connectivity index (χ4n) is 3.38. The number of nitrogens with one attached hydrogen (secondary N) is 2. The molecule has 0 aliphatic carbocycles. The summed E-state index contributed by atoms with van der Waals surface area (Å²) in [5.41, 5.74) is -0.0244. The van der Waals surface area contributed by atoms with E-state index in [2.05, 4.69) is 10.0 Å². The van der Waals surface area contributed by atoms with Crippen LogP contribution in [0.3, 0.4) is 0 Å². The van der Waals surface area contributed by atoms with Gasteiger partial charge in [0.2, 0.25) is 15.9 Å². The van der Waals surface area contributed by atoms with Crippen LogP contribution in [-0.2, 0) is 24.4 Å². The summed E-state index contributed by atoms with van der Waals surface area (Å²) in [4.78, 5) is 45.7. The highest BCUT2D eigenvalue weighted by atomic mass is 35.5. The van der Waals surface area contributed by atoms with Gasteiger partial charge in [-0.25, -0.2) is 22.7 Å². The van der Waals surface area contributed by atoms with E-state index in [1.807, 2.05) is 0 Å². The molecule has 13 heteroatoms. The molecular formula is C23H25ClN2O9S. The van der Waals surface area contributed by atoms with Crippen molar-refractivity contribution in [2.24, 2.45) is 0 Å². The van der Waals surface area contributed by atoms with Crippen LogP contribution in [0.25, 0.3) is 0 Å². The van der Waals surface area contributed by atoms with Crippen molar-refractivity contribution in [3.63, 3.8) is 0 Å². The zero-order valence-electron chi connectivity index (χ0n) is 18.9. The van der Waals surface area contributed by atoms with E-state index in [0.717, 1.165) is 18.2 Å². The van der Waals surface area contributed by atoms with E-state index in [-0.39, 0.29) is 17.9 Å². The van der Waals surface area contributed by atoms with Crippen LogP contribution >= 0.6 is 11.6 Å². The number of benzene rings is 2. The Balaban J connectivity index is 2.04. The smallest absolute Gasteiger partial charge is 0.339 e. The minimum Gasteiger partial charge on any atom is -0.507 e. The zero-order chi connectivity index (χ0) is 26.9. The maximum atomic E-state index is 12.9. The van der Waals surface area contributed by atoms with Crippen molar-refractivity contribution < 1.29 is 42.9 Å². The molecule has 0 aliphatic heterocycles. The number of amides is 1. The minimum absolute atomic E-state index is 0.0294. The third kappa shape index (κ3) is 8.04. The number of aromatic carboxylic acids is 1. The third-order valence-electron chi connectivity index (χ3n) is 5.23. The molecule has 0 aliphatic rings. The maximum absolute atomic E-state index is 12.9. The average Bonchev–Trinajstić information content (AvgIpc) is 2.80. The van der Waals surface area contributed by atoms with Crippen LogP contribution < -0.4 is 10.0 Å². The second kappa shape index (κ2) is 13.0. The summed E-state index contributed by atoms with van der Waals surface area (Å²) in [6.45, 7) is -0.0294. The monoisotopic (exact) mass is 540 g/mol. The highest BCUT2D eigenvalue weighted by molar-refractivity contribution is 7.89. The number of halogens is 1. The Labute approximate surface area is 212 Å². The van der Waals surface area contributed by atoms with Crippen molar-refractivity contribution in [3.05, 3.63) is 58.6 Å². The highest BCUT2D eigenvalue weighted by Gasteiger charge is 2.26. The summed E-state index contributed by atoms with van der Waals surface area (Å²) in [7, 11) is -4.06. The molecule has 2 aromatic rings. The first-order chi connectivity index (χ1) is 17.0. The third-order valence-corrected chi connectivity index (χ3v) is 6.93. The first kappa shape index (κ1) is 28.8. The molecule has 0 spiro atoms. The topological polar surface area (TPSA) is 187 Å². The molecule has 1 amide bonds. The van der Waals surface area contributed by atoms with Gasteiger partial charge < -0.3 is 25.4 Å². The number of carboxylic acid groups (broad SMARTS) is 2. The molecule has 2 atom stereocenters. The molecule has 0 saturated carbocycles. The van der Waals surface area contributed by atoms with E-state index in [9.17, 15) is 37.8 Å². The Hall–Kier alpha value is -3.48. The SMILES string of the molecule is O=CC[C@H](NC(=O)C(CCCCNS(=O)(=O)c1ccc(O)c(C(=O)O)c1)c1cccc(Cl)c1)C(=O)O. The summed E-state index contributed by atoms with van der Waals surface area (Å²) in [6, 6.07) is 7.97. The Morgan fingerprint density at radius 1 is 1.06 bits per heavy atom. The van der Waals surface area contributed by atoms with Crippen LogP contribution in [0.2, 0.25) is 5.02 Å². The predicted octanol–water partition coefficient (Wildman–Crippen LogP) is 2.13. The van der Waals surface area contributed by atoms with Crippen molar-refractivity contribution in [1.29, 1.82) is 0 Å². The summed E-state index contributed by atoms with van der Waals surface area (Å²) >= 11 is 6.03. The second-order valence-corrected chi connectivity index (χ2v) is 9.99. The van der Waals surface area contributed by atoms with E-state index in [4.69, 9.17) is 16.7 Å². The number of aldehydes is 1. The number of carboxylic acids is 2. The van der Waals surface area contributed by atoms with Gasteiger partial charge in [0.05, 0.1) is 10.8 Å². The first-order valence-electron chi connectivity index (χ1n) is 10.7. The number of carbonyl (C=O) groups excluding carboxylic acids is 2. The molecule has 5 N–H and O–H groups in total. The fourth-order valence-corrected chi connectivity index (χ4v) is 4.68. The molecule has 1 unspecified atom stereocenters. The molecule has 11 nitrogen and oxygen atoms in total. The van der Waals surface area contributed by atoms with E-state index in [1.54, 1.807) is 24.3 Å². The molecule has 0 radical (unpaired) electrons. The standard InChI is InChI=1S/C23H25ClN2O9S/c24-15-5-3-4-14(12-15)17(21(29)26-19(9-11-27)23(32)33)6-1-2-10-25-36(34,35)16-7-8-20(28)18(13-16)22(30)31/h3-5,7-8,11-13,17,19,25,28H,1-2,6,9-10H2,(H,26,29)(H,30,31)(H,32,33)/t17?,19-/m0/s1. The van der Waals surface area contributed by atoms with Crippen LogP contribution in [0.15, 0.2) is 47.4 Å². The molecule has 36 heavy (non-hydrogen) atoms. The lowest BCUT2D eigenvalue weighted by molar-refractivity contribution is -0.142. The Kier molecular flexibility index (Phi) is 10.4. The Morgan fingerprint density at radius 2 is 1.78 bits per heavy atom. The summed E-state index contributed by atoms with van der Waals surface area (Å²) in [5, 5.41) is 30.6. The van der Waals surface area contributed by atoms with Gasteiger partial charge in [-0.05, 0) is 48.7 Å². The lowest BCUT2D eigenvalue weighted by Crippen LogP contribution is -2.43. The van der Waals surface area contributed by atoms with Gasteiger partial charge in [0, 0.05) is 18.0 Å². The van der Waals surface area contributed by atoms with Crippen molar-refractivity contribution in [1.82, 2.24) is 10.0 Å². The van der Waals surface area contributed by atoms with Gasteiger partial charge in [0.25, 0.3) is 0 Å². The summed E-state index contributed by atoms with van der Waals surface area (Å²) in [6.07, 6.45) is 0.876. The zero-order valence-corrected chi connectivity index (χ0v) is 20.5. The molecule has 0 saturated heterocycles. The largest absolute Gasteiger partial charge is 0.507 e. The fraction of sp³-hybridized carbons (Fsp3) is 0.304. The van der Waals surface area contributed by atoms with Crippen LogP contribution in [0.4, 0.5) is 0 Å². The van der Waals surface area contributed by atoms with E-state index in [0.29, 0.717) is 29.7 Å². The quantitative estimate of drug-likeness (QED) is 0.177. The van der Waals surface area contributed by atoms with Gasteiger partial charge in [-0.15, -0.1) is 0 Å². The lowest BCUT2D eigenvalue weighted by atomic mass is 9.92. The number of aromatic hydroxyl groups is 1. The van der Waals surface area contributed by atoms with E-state index >= 15 is 0 Å². The number of aliphatic carboxylic acids is 1. The lowest BCUT2D eigenvalue weighted by Gasteiger charge is -2.20. The number of hydrogen-bond acceptors (Lipinski definition) is 7. The molecule has 2 rings (SSSR count). The molecule has 0 fully saturated rings. The van der Waals surface area contributed by atoms with Crippen molar-refractivity contribution >= 4 is 45.8 Å². The molecule has 0 aromatic heterocycles. The van der Waals surface area contributed by atoms with Crippen LogP contribution in [-0.4, -0.2) is 60.5 Å². The van der Waals surface area contributed by atoms with Crippen molar-refractivity contribution in [2.45, 2.75) is 42.5 Å². The van der Waals surface area contributed by atoms with Crippen LogP contribution in [0.5, 0.6) is 5.75 Å². The number of rotatable bonds is 14. The number of phenols is 1. The van der Waals surface area contributed by atoms with E-state index in [1.165, 1.54) is 0 Å². The van der Waals surface area contributed by atoms with Gasteiger partial charge >= 0.3 is 11.9 Å². The highest BCUT2D eigenvalue weighted by Crippen LogP contribution is 2.26. The Bertz CT molecular complexity index is 1230. The first-order valence-corrected chi connectivity index (χ1v) is 12.6. The van der Waals surface area contributed by atoms with Crippen molar-refractivity contribution in [2.75, 3.05) is 6.54 Å². The van der Waals surface area contributed by atoms with Crippen LogP contribution in [0, 0.1) is 0 Å². The second-order valence-electron chi connectivity index (χ2n) is 7.79. The van der Waals surface area contributed by atoms with Gasteiger partial charge in [-0.3, -0.25) is 4.79 Å². The minimum atomic E-state index is -4.06. The maximum Gasteiger partial charge on any atom is 0.339 e. The van der Waals surface area contributed by atoms with Gasteiger partial charge in [-0.2, -0.15) is 0 Å². The predicted molar refractivity (Wildman–Crippen MR) is 129 cm³/mol. The Morgan fingerprint density at radius 3 is 2.39 bits per heavy atom. The molecule has 194 valence electrons. The average molecular weight is 541 g/mol.